The molecular weight excluding hydrogens is 296 g/mol. The van der Waals surface area contributed by atoms with Crippen LogP contribution < -0.4 is 0 Å². The average Bonchev–Trinajstić information content (AvgIpc) is 2.29. The highest BCUT2D eigenvalue weighted by Crippen LogP contribution is 2.34. The van der Waals surface area contributed by atoms with Crippen LogP contribution in [0.1, 0.15) is 18.6 Å². The normalized spacial score (nSPS) is 12.4. The predicted octanol–water partition coefficient (Wildman–Crippen LogP) is 4.65. The molecule has 0 aromatic heterocycles. The molecule has 0 fully saturated rings. The van der Waals surface area contributed by atoms with Crippen LogP contribution in [0, 0.1) is 0 Å². The Hall–Kier alpha value is -0.770. The quantitative estimate of drug-likeness (QED) is 0.890. The number of hydrogen-bond donors (Lipinski definition) is 1. The Balaban J connectivity index is 2.30. The van der Waals surface area contributed by atoms with Gasteiger partial charge in [0.15, 0.2) is 0 Å². The summed E-state index contributed by atoms with van der Waals surface area (Å²) in [4.78, 5) is 2.26. The first-order chi connectivity index (χ1) is 8.16. The van der Waals surface area contributed by atoms with Crippen molar-refractivity contribution in [3.8, 4) is 0 Å². The minimum Gasteiger partial charge on any atom is -0.389 e. The molecule has 0 bridgehead atoms. The van der Waals surface area contributed by atoms with Crippen LogP contribution in [-0.4, -0.2) is 5.11 Å². The van der Waals surface area contributed by atoms with E-state index in [1.165, 1.54) is 0 Å². The van der Waals surface area contributed by atoms with Crippen molar-refractivity contribution in [2.45, 2.75) is 22.8 Å². The van der Waals surface area contributed by atoms with Crippen molar-refractivity contribution in [1.29, 1.82) is 0 Å². The Morgan fingerprint density at radius 3 is 2.59 bits per heavy atom. The van der Waals surface area contributed by atoms with Crippen molar-refractivity contribution in [1.82, 2.24) is 0 Å². The Labute approximate surface area is 114 Å². The summed E-state index contributed by atoms with van der Waals surface area (Å²) < 4.78 is 1.07. The zero-order chi connectivity index (χ0) is 12.3. The molecule has 2 rings (SSSR count). The monoisotopic (exact) mass is 308 g/mol. The summed E-state index contributed by atoms with van der Waals surface area (Å²) in [6.45, 7) is 1.79. The Morgan fingerprint density at radius 2 is 1.88 bits per heavy atom. The van der Waals surface area contributed by atoms with E-state index in [2.05, 4.69) is 28.1 Å². The molecule has 2 aromatic carbocycles. The molecule has 0 saturated carbocycles. The van der Waals surface area contributed by atoms with Gasteiger partial charge in [-0.2, -0.15) is 0 Å². The molecule has 0 heterocycles. The van der Waals surface area contributed by atoms with E-state index in [4.69, 9.17) is 0 Å². The first-order valence-electron chi connectivity index (χ1n) is 5.37. The van der Waals surface area contributed by atoms with Gasteiger partial charge in [-0.1, -0.05) is 52.0 Å². The van der Waals surface area contributed by atoms with Crippen molar-refractivity contribution < 1.29 is 5.11 Å². The van der Waals surface area contributed by atoms with E-state index in [0.717, 1.165) is 19.8 Å². The second kappa shape index (κ2) is 5.71. The van der Waals surface area contributed by atoms with E-state index in [0.29, 0.717) is 0 Å². The molecule has 88 valence electrons. The minimum atomic E-state index is -0.439. The Kier molecular flexibility index (Phi) is 4.26. The molecule has 17 heavy (non-hydrogen) atoms. The molecule has 0 amide bonds. The molecule has 3 heteroatoms. The van der Waals surface area contributed by atoms with Crippen molar-refractivity contribution in [3.05, 3.63) is 58.6 Å². The molecule has 1 N–H and O–H groups in total. The Bertz CT molecular complexity index is 511. The lowest BCUT2D eigenvalue weighted by atomic mass is 10.1. The first kappa shape index (κ1) is 12.7. The summed E-state index contributed by atoms with van der Waals surface area (Å²) in [5.74, 6) is 0. The highest BCUT2D eigenvalue weighted by Gasteiger charge is 2.08. The zero-order valence-corrected chi connectivity index (χ0v) is 11.8. The van der Waals surface area contributed by atoms with Crippen LogP contribution in [0.25, 0.3) is 0 Å². The minimum absolute atomic E-state index is 0.439. The van der Waals surface area contributed by atoms with Gasteiger partial charge in [0.2, 0.25) is 0 Å². The maximum atomic E-state index is 9.71. The van der Waals surface area contributed by atoms with Gasteiger partial charge < -0.3 is 5.11 Å². The summed E-state index contributed by atoms with van der Waals surface area (Å²) in [6.07, 6.45) is -0.439. The number of rotatable bonds is 3. The van der Waals surface area contributed by atoms with Crippen LogP contribution >= 0.6 is 27.7 Å². The van der Waals surface area contributed by atoms with E-state index in [1.54, 1.807) is 18.7 Å². The largest absolute Gasteiger partial charge is 0.389 e. The van der Waals surface area contributed by atoms with Crippen molar-refractivity contribution in [2.24, 2.45) is 0 Å². The van der Waals surface area contributed by atoms with Crippen LogP contribution in [0.4, 0.5) is 0 Å². The molecule has 2 aromatic rings. The molecule has 1 atom stereocenters. The number of aliphatic hydroxyl groups is 1. The SMILES string of the molecule is C[C@H](O)c1ccccc1Sc1cccc(Br)c1. The van der Waals surface area contributed by atoms with E-state index >= 15 is 0 Å². The fraction of sp³-hybridized carbons (Fsp3) is 0.143. The van der Waals surface area contributed by atoms with Crippen molar-refractivity contribution >= 4 is 27.7 Å². The number of aliphatic hydroxyl groups excluding tert-OH is 1. The summed E-state index contributed by atoms with van der Waals surface area (Å²) in [5.41, 5.74) is 0.970. The molecule has 0 unspecified atom stereocenters. The lowest BCUT2D eigenvalue weighted by Crippen LogP contribution is -1.93. The lowest BCUT2D eigenvalue weighted by Gasteiger charge is -2.11. The molecule has 1 nitrogen and oxygen atoms in total. The van der Waals surface area contributed by atoms with E-state index in [-0.39, 0.29) is 0 Å². The third kappa shape index (κ3) is 3.35. The fourth-order valence-electron chi connectivity index (χ4n) is 1.58. The van der Waals surface area contributed by atoms with Gasteiger partial charge in [0.25, 0.3) is 0 Å². The lowest BCUT2D eigenvalue weighted by molar-refractivity contribution is 0.196. The molecular formula is C14H13BrOS. The van der Waals surface area contributed by atoms with Crippen LogP contribution in [0.3, 0.4) is 0 Å². The second-order valence-corrected chi connectivity index (χ2v) is 5.80. The summed E-state index contributed by atoms with van der Waals surface area (Å²) >= 11 is 5.13. The molecule has 0 spiro atoms. The average molecular weight is 309 g/mol. The van der Waals surface area contributed by atoms with Gasteiger partial charge in [0, 0.05) is 14.3 Å². The highest BCUT2D eigenvalue weighted by atomic mass is 79.9. The second-order valence-electron chi connectivity index (χ2n) is 3.77. The molecule has 0 saturated heterocycles. The van der Waals surface area contributed by atoms with Crippen LogP contribution in [-0.2, 0) is 0 Å². The van der Waals surface area contributed by atoms with Gasteiger partial charge in [0.1, 0.15) is 0 Å². The number of benzene rings is 2. The predicted molar refractivity (Wildman–Crippen MR) is 75.3 cm³/mol. The molecule has 0 aliphatic carbocycles. The van der Waals surface area contributed by atoms with Crippen molar-refractivity contribution in [2.75, 3.05) is 0 Å². The maximum Gasteiger partial charge on any atom is 0.0772 e. The standard InChI is InChI=1S/C14H13BrOS/c1-10(16)13-7-2-3-8-14(13)17-12-6-4-5-11(15)9-12/h2-10,16H,1H3/t10-/m0/s1. The third-order valence-electron chi connectivity index (χ3n) is 2.39. The first-order valence-corrected chi connectivity index (χ1v) is 6.98. The van der Waals surface area contributed by atoms with Gasteiger partial charge >= 0.3 is 0 Å². The van der Waals surface area contributed by atoms with Crippen molar-refractivity contribution in [3.63, 3.8) is 0 Å². The maximum absolute atomic E-state index is 9.71. The van der Waals surface area contributed by atoms with Crippen LogP contribution in [0.15, 0.2) is 62.8 Å². The van der Waals surface area contributed by atoms with Gasteiger partial charge in [-0.25, -0.2) is 0 Å². The van der Waals surface area contributed by atoms with E-state index in [1.807, 2.05) is 36.4 Å². The third-order valence-corrected chi connectivity index (χ3v) is 3.97. The molecule has 0 radical (unpaired) electrons. The number of halogens is 1. The van der Waals surface area contributed by atoms with Gasteiger partial charge in [0.05, 0.1) is 6.10 Å². The van der Waals surface area contributed by atoms with Crippen LogP contribution in [0.5, 0.6) is 0 Å². The van der Waals surface area contributed by atoms with Gasteiger partial charge in [-0.3, -0.25) is 0 Å². The molecule has 0 aliphatic rings. The Morgan fingerprint density at radius 1 is 1.12 bits per heavy atom. The smallest absolute Gasteiger partial charge is 0.0772 e. The summed E-state index contributed by atoms with van der Waals surface area (Å²) in [7, 11) is 0. The summed E-state index contributed by atoms with van der Waals surface area (Å²) in [6, 6.07) is 16.1. The van der Waals surface area contributed by atoms with Gasteiger partial charge in [-0.15, -0.1) is 0 Å². The van der Waals surface area contributed by atoms with E-state index < -0.39 is 6.10 Å². The number of hydrogen-bond acceptors (Lipinski definition) is 2. The molecule has 0 aliphatic heterocycles. The summed E-state index contributed by atoms with van der Waals surface area (Å²) in [5, 5.41) is 9.71. The van der Waals surface area contributed by atoms with E-state index in [9.17, 15) is 5.11 Å². The zero-order valence-electron chi connectivity index (χ0n) is 9.43. The topological polar surface area (TPSA) is 20.2 Å². The van der Waals surface area contributed by atoms with Crippen LogP contribution in [0.2, 0.25) is 0 Å². The fourth-order valence-corrected chi connectivity index (χ4v) is 3.22. The highest BCUT2D eigenvalue weighted by molar-refractivity contribution is 9.10. The van der Waals surface area contributed by atoms with Gasteiger partial charge in [-0.05, 0) is 36.8 Å².